The van der Waals surface area contributed by atoms with Crippen LogP contribution in [0.25, 0.3) is 6.08 Å². The van der Waals surface area contributed by atoms with Gasteiger partial charge in [-0.3, -0.25) is 4.79 Å². The lowest BCUT2D eigenvalue weighted by Gasteiger charge is -2.17. The minimum absolute atomic E-state index is 0.00489. The smallest absolute Gasteiger partial charge is 0.231 e. The molecule has 0 bridgehead atoms. The number of likely N-dealkylation sites (N-methyl/N-ethyl adjacent to an activating group) is 1. The zero-order valence-electron chi connectivity index (χ0n) is 18.3. The van der Waals surface area contributed by atoms with Gasteiger partial charge in [-0.2, -0.15) is 0 Å². The van der Waals surface area contributed by atoms with Crippen LogP contribution in [0.1, 0.15) is 17.5 Å². The van der Waals surface area contributed by atoms with Gasteiger partial charge in [0.25, 0.3) is 0 Å². The molecule has 31 heavy (non-hydrogen) atoms. The van der Waals surface area contributed by atoms with E-state index in [1.165, 1.54) is 5.56 Å². The van der Waals surface area contributed by atoms with Crippen molar-refractivity contribution in [2.75, 3.05) is 47.7 Å². The number of hydrogen-bond acceptors (Lipinski definition) is 6. The third-order valence-electron chi connectivity index (χ3n) is 5.06. The van der Waals surface area contributed by atoms with Crippen LogP contribution in [0.15, 0.2) is 42.5 Å². The molecule has 0 radical (unpaired) electrons. The van der Waals surface area contributed by atoms with Crippen LogP contribution in [0.4, 0.5) is 0 Å². The van der Waals surface area contributed by atoms with Gasteiger partial charge in [-0.25, -0.2) is 0 Å². The van der Waals surface area contributed by atoms with E-state index in [0.717, 1.165) is 48.1 Å². The minimum Gasteiger partial charge on any atom is -0.493 e. The number of benzene rings is 2. The molecular weight excluding hydrogens is 396 g/mol. The molecular formula is C24H30N2O5. The van der Waals surface area contributed by atoms with Crippen LogP contribution in [-0.4, -0.2) is 58.5 Å². The molecule has 0 aromatic heterocycles. The molecule has 2 aromatic carbocycles. The second kappa shape index (κ2) is 11.3. The zero-order chi connectivity index (χ0) is 22.1. The molecule has 1 aliphatic heterocycles. The fraction of sp³-hybridized carbons (Fsp3) is 0.375. The number of ether oxygens (including phenoxy) is 4. The Balaban J connectivity index is 1.33. The van der Waals surface area contributed by atoms with Crippen LogP contribution in [0.5, 0.6) is 23.0 Å². The van der Waals surface area contributed by atoms with E-state index in [9.17, 15) is 4.79 Å². The summed E-state index contributed by atoms with van der Waals surface area (Å²) in [6, 6.07) is 11.7. The second-order valence-corrected chi connectivity index (χ2v) is 7.31. The molecule has 0 unspecified atom stereocenters. The summed E-state index contributed by atoms with van der Waals surface area (Å²) in [6.07, 6.45) is 5.00. The first-order chi connectivity index (χ1) is 15.1. The number of carbonyl (C=O) groups is 1. The van der Waals surface area contributed by atoms with Crippen molar-refractivity contribution in [3.8, 4) is 23.0 Å². The first kappa shape index (κ1) is 22.5. The van der Waals surface area contributed by atoms with Crippen LogP contribution in [0.3, 0.4) is 0 Å². The van der Waals surface area contributed by atoms with Crippen molar-refractivity contribution in [1.29, 1.82) is 0 Å². The van der Waals surface area contributed by atoms with Crippen molar-refractivity contribution in [3.63, 3.8) is 0 Å². The highest BCUT2D eigenvalue weighted by Gasteiger charge is 2.12. The summed E-state index contributed by atoms with van der Waals surface area (Å²) >= 11 is 0. The van der Waals surface area contributed by atoms with Crippen LogP contribution in [-0.2, 0) is 11.2 Å². The molecule has 166 valence electrons. The van der Waals surface area contributed by atoms with Gasteiger partial charge in [0.15, 0.2) is 23.0 Å². The Labute approximate surface area is 183 Å². The standard InChI is InChI=1S/C24H30N2O5/c1-26(13-11-19-7-9-20(28-2)22(15-19)29-3)14-12-25-24(27)6-4-5-18-8-10-21-23(16-18)31-17-30-21/h4-5,7-10,15-16H,6,11-14,17H2,1-3H3,(H,25,27)/b5-4+. The van der Waals surface area contributed by atoms with Gasteiger partial charge in [0.05, 0.1) is 14.2 Å². The number of amides is 1. The van der Waals surface area contributed by atoms with Crippen molar-refractivity contribution in [3.05, 3.63) is 53.6 Å². The first-order valence-corrected chi connectivity index (χ1v) is 10.3. The number of fused-ring (bicyclic) bond motifs is 1. The molecule has 0 atom stereocenters. The molecule has 1 amide bonds. The SMILES string of the molecule is COc1ccc(CCN(C)CCNC(=O)C/C=C/c2ccc3c(c2)OCO3)cc1OC. The van der Waals surface area contributed by atoms with E-state index in [0.29, 0.717) is 13.0 Å². The van der Waals surface area contributed by atoms with E-state index >= 15 is 0 Å². The molecule has 1 aliphatic rings. The highest BCUT2D eigenvalue weighted by Crippen LogP contribution is 2.32. The maximum atomic E-state index is 12.1. The molecule has 0 saturated heterocycles. The van der Waals surface area contributed by atoms with Crippen molar-refractivity contribution in [1.82, 2.24) is 10.2 Å². The third-order valence-corrected chi connectivity index (χ3v) is 5.06. The van der Waals surface area contributed by atoms with Gasteiger partial charge in [-0.1, -0.05) is 24.3 Å². The summed E-state index contributed by atoms with van der Waals surface area (Å²) in [4.78, 5) is 14.3. The second-order valence-electron chi connectivity index (χ2n) is 7.31. The van der Waals surface area contributed by atoms with Gasteiger partial charge in [0.1, 0.15) is 0 Å². The molecule has 7 nitrogen and oxygen atoms in total. The highest BCUT2D eigenvalue weighted by molar-refractivity contribution is 5.78. The maximum Gasteiger partial charge on any atom is 0.231 e. The third kappa shape index (κ3) is 6.65. The molecule has 2 aromatic rings. The van der Waals surface area contributed by atoms with E-state index in [1.54, 1.807) is 14.2 Å². The van der Waals surface area contributed by atoms with Gasteiger partial charge >= 0.3 is 0 Å². The summed E-state index contributed by atoms with van der Waals surface area (Å²) < 4.78 is 21.3. The Morgan fingerprint density at radius 2 is 1.87 bits per heavy atom. The molecule has 1 N–H and O–H groups in total. The number of hydrogen-bond donors (Lipinski definition) is 1. The Hall–Kier alpha value is -3.19. The van der Waals surface area contributed by atoms with Gasteiger partial charge in [0.2, 0.25) is 12.7 Å². The Bertz CT molecular complexity index is 913. The van der Waals surface area contributed by atoms with E-state index in [2.05, 4.69) is 10.2 Å². The summed E-state index contributed by atoms with van der Waals surface area (Å²) in [6.45, 7) is 2.53. The van der Waals surface area contributed by atoms with Crippen LogP contribution < -0.4 is 24.3 Å². The van der Waals surface area contributed by atoms with E-state index in [1.807, 2.05) is 55.6 Å². The number of rotatable bonds is 11. The van der Waals surface area contributed by atoms with Crippen LogP contribution in [0.2, 0.25) is 0 Å². The zero-order valence-corrected chi connectivity index (χ0v) is 18.3. The quantitative estimate of drug-likeness (QED) is 0.595. The predicted octanol–water partition coefficient (Wildman–Crippen LogP) is 3.13. The summed E-state index contributed by atoms with van der Waals surface area (Å²) in [7, 11) is 5.32. The fourth-order valence-corrected chi connectivity index (χ4v) is 3.25. The summed E-state index contributed by atoms with van der Waals surface area (Å²) in [5, 5.41) is 2.96. The molecule has 7 heteroatoms. The molecule has 0 saturated carbocycles. The number of methoxy groups -OCH3 is 2. The van der Waals surface area contributed by atoms with Gasteiger partial charge in [0, 0.05) is 26.1 Å². The monoisotopic (exact) mass is 426 g/mol. The predicted molar refractivity (Wildman–Crippen MR) is 120 cm³/mol. The van der Waals surface area contributed by atoms with Crippen LogP contribution in [0, 0.1) is 0 Å². The molecule has 3 rings (SSSR count). The van der Waals surface area contributed by atoms with Crippen molar-refractivity contribution in [2.24, 2.45) is 0 Å². The van der Waals surface area contributed by atoms with E-state index in [4.69, 9.17) is 18.9 Å². The molecule has 0 aliphatic carbocycles. The lowest BCUT2D eigenvalue weighted by Crippen LogP contribution is -2.33. The molecule has 0 spiro atoms. The van der Waals surface area contributed by atoms with Crippen LogP contribution >= 0.6 is 0 Å². The molecule has 0 fully saturated rings. The largest absolute Gasteiger partial charge is 0.493 e. The maximum absolute atomic E-state index is 12.1. The van der Waals surface area contributed by atoms with E-state index < -0.39 is 0 Å². The lowest BCUT2D eigenvalue weighted by molar-refractivity contribution is -0.120. The molecule has 1 heterocycles. The topological polar surface area (TPSA) is 69.3 Å². The Morgan fingerprint density at radius 3 is 2.68 bits per heavy atom. The first-order valence-electron chi connectivity index (χ1n) is 10.3. The Morgan fingerprint density at radius 1 is 1.06 bits per heavy atom. The summed E-state index contributed by atoms with van der Waals surface area (Å²) in [5.74, 6) is 2.97. The lowest BCUT2D eigenvalue weighted by atomic mass is 10.1. The minimum atomic E-state index is 0.00489. The fourth-order valence-electron chi connectivity index (χ4n) is 3.25. The highest BCUT2D eigenvalue weighted by atomic mass is 16.7. The average molecular weight is 427 g/mol. The summed E-state index contributed by atoms with van der Waals surface area (Å²) in [5.41, 5.74) is 2.16. The van der Waals surface area contributed by atoms with Gasteiger partial charge < -0.3 is 29.2 Å². The average Bonchev–Trinajstić information content (AvgIpc) is 3.25. The number of nitrogens with zero attached hydrogens (tertiary/aromatic N) is 1. The van der Waals surface area contributed by atoms with E-state index in [-0.39, 0.29) is 12.7 Å². The normalized spacial score (nSPS) is 12.4. The van der Waals surface area contributed by atoms with Crippen molar-refractivity contribution >= 4 is 12.0 Å². The Kier molecular flexibility index (Phi) is 8.18. The van der Waals surface area contributed by atoms with Gasteiger partial charge in [-0.05, 0) is 48.9 Å². The number of nitrogens with one attached hydrogen (secondary N) is 1. The van der Waals surface area contributed by atoms with Crippen molar-refractivity contribution < 1.29 is 23.7 Å². The van der Waals surface area contributed by atoms with Crippen molar-refractivity contribution in [2.45, 2.75) is 12.8 Å². The van der Waals surface area contributed by atoms with Gasteiger partial charge in [-0.15, -0.1) is 0 Å². The number of carbonyl (C=O) groups excluding carboxylic acids is 1.